The van der Waals surface area contributed by atoms with E-state index in [-0.39, 0.29) is 5.92 Å². The maximum atomic E-state index is 10.8. The van der Waals surface area contributed by atoms with Gasteiger partial charge in [0.15, 0.2) is 11.5 Å². The van der Waals surface area contributed by atoms with Gasteiger partial charge in [-0.25, -0.2) is 0 Å². The number of hydrogen-bond acceptors (Lipinski definition) is 4. The fourth-order valence-electron chi connectivity index (χ4n) is 1.66. The Morgan fingerprint density at radius 1 is 1.44 bits per heavy atom. The summed E-state index contributed by atoms with van der Waals surface area (Å²) in [6.45, 7) is 3.64. The second kappa shape index (κ2) is 3.70. The smallest absolute Gasteiger partial charge is 0.246 e. The van der Waals surface area contributed by atoms with Crippen LogP contribution in [0.5, 0.6) is 0 Å². The third-order valence-corrected chi connectivity index (χ3v) is 2.34. The zero-order valence-electron chi connectivity index (χ0n) is 9.52. The summed E-state index contributed by atoms with van der Waals surface area (Å²) in [5.74, 6) is 0.676. The maximum absolute atomic E-state index is 10.8. The number of methoxy groups -OCH3 is 1. The molecule has 16 heavy (non-hydrogen) atoms. The van der Waals surface area contributed by atoms with Gasteiger partial charge in [-0.2, -0.15) is 0 Å². The molecule has 0 fully saturated rings. The van der Waals surface area contributed by atoms with E-state index in [4.69, 9.17) is 14.2 Å². The van der Waals surface area contributed by atoms with E-state index in [0.717, 1.165) is 6.29 Å². The quantitative estimate of drug-likeness (QED) is 0.669. The van der Waals surface area contributed by atoms with Crippen molar-refractivity contribution in [1.29, 1.82) is 0 Å². The molecule has 86 valence electrons. The van der Waals surface area contributed by atoms with E-state index in [1.807, 2.05) is 13.8 Å². The van der Waals surface area contributed by atoms with Crippen molar-refractivity contribution in [2.75, 3.05) is 7.11 Å². The van der Waals surface area contributed by atoms with Gasteiger partial charge in [-0.3, -0.25) is 0 Å². The van der Waals surface area contributed by atoms with Crippen molar-refractivity contribution in [3.63, 3.8) is 0 Å². The number of ether oxygens (including phenoxy) is 3. The highest BCUT2D eigenvalue weighted by Gasteiger charge is 2.36. The Morgan fingerprint density at radius 3 is 2.81 bits per heavy atom. The molecule has 4 nitrogen and oxygen atoms in total. The Bertz CT molecular complexity index is 401. The largest absolute Gasteiger partial charge is 0.493 e. The molecular weight excluding hydrogens is 208 g/mol. The van der Waals surface area contributed by atoms with Crippen molar-refractivity contribution >= 4 is 6.29 Å². The molecule has 0 saturated carbocycles. The first-order valence-corrected chi connectivity index (χ1v) is 5.08. The van der Waals surface area contributed by atoms with Gasteiger partial charge in [-0.15, -0.1) is 0 Å². The molecule has 1 unspecified atom stereocenters. The number of rotatable bonds is 2. The first kappa shape index (κ1) is 10.8. The van der Waals surface area contributed by atoms with Crippen LogP contribution in [-0.4, -0.2) is 19.2 Å². The molecule has 1 atom stereocenters. The number of aldehydes is 1. The third-order valence-electron chi connectivity index (χ3n) is 2.34. The predicted octanol–water partition coefficient (Wildman–Crippen LogP) is 1.90. The SMILES string of the molecule is COC1=CC(C=O)C=CC2=C1OC(C)(C)O2. The van der Waals surface area contributed by atoms with Crippen LogP contribution < -0.4 is 0 Å². The zero-order chi connectivity index (χ0) is 11.8. The Morgan fingerprint density at radius 2 is 2.19 bits per heavy atom. The molecule has 4 heteroatoms. The Hall–Kier alpha value is -1.71. The van der Waals surface area contributed by atoms with Gasteiger partial charge in [0, 0.05) is 13.8 Å². The minimum absolute atomic E-state index is 0.309. The van der Waals surface area contributed by atoms with E-state index in [2.05, 4.69) is 0 Å². The van der Waals surface area contributed by atoms with Gasteiger partial charge in [0.25, 0.3) is 0 Å². The van der Waals surface area contributed by atoms with Crippen molar-refractivity contribution in [3.8, 4) is 0 Å². The fourth-order valence-corrected chi connectivity index (χ4v) is 1.66. The lowest BCUT2D eigenvalue weighted by Gasteiger charge is -2.19. The summed E-state index contributed by atoms with van der Waals surface area (Å²) in [4.78, 5) is 10.8. The molecule has 0 saturated heterocycles. The first-order valence-electron chi connectivity index (χ1n) is 5.08. The summed E-state index contributed by atoms with van der Waals surface area (Å²) in [5, 5.41) is 0. The van der Waals surface area contributed by atoms with Crippen LogP contribution in [0.2, 0.25) is 0 Å². The zero-order valence-corrected chi connectivity index (χ0v) is 9.52. The van der Waals surface area contributed by atoms with Crippen molar-refractivity contribution in [2.24, 2.45) is 5.92 Å². The summed E-state index contributed by atoms with van der Waals surface area (Å²) in [6.07, 6.45) is 6.03. The summed E-state index contributed by atoms with van der Waals surface area (Å²) in [6, 6.07) is 0. The van der Waals surface area contributed by atoms with E-state index in [1.54, 1.807) is 18.2 Å². The average Bonchev–Trinajstić information content (AvgIpc) is 2.45. The number of carbonyl (C=O) groups excluding carboxylic acids is 1. The van der Waals surface area contributed by atoms with Crippen LogP contribution in [0.1, 0.15) is 13.8 Å². The second-order valence-corrected chi connectivity index (χ2v) is 4.10. The van der Waals surface area contributed by atoms with Gasteiger partial charge in [-0.05, 0) is 12.2 Å². The molecule has 0 aromatic rings. The first-order chi connectivity index (χ1) is 7.55. The molecule has 1 aliphatic heterocycles. The lowest BCUT2D eigenvalue weighted by atomic mass is 10.1. The lowest BCUT2D eigenvalue weighted by Crippen LogP contribution is -2.21. The van der Waals surface area contributed by atoms with E-state index < -0.39 is 5.79 Å². The average molecular weight is 222 g/mol. The summed E-state index contributed by atoms with van der Waals surface area (Å²) < 4.78 is 16.4. The van der Waals surface area contributed by atoms with E-state index in [0.29, 0.717) is 17.3 Å². The fraction of sp³-hybridized carbons (Fsp3) is 0.417. The van der Waals surface area contributed by atoms with Gasteiger partial charge in [-0.1, -0.05) is 6.08 Å². The molecule has 0 aromatic carbocycles. The van der Waals surface area contributed by atoms with Gasteiger partial charge in [0.05, 0.1) is 13.0 Å². The van der Waals surface area contributed by atoms with Crippen LogP contribution in [0.15, 0.2) is 35.5 Å². The Kier molecular flexibility index (Phi) is 2.50. The van der Waals surface area contributed by atoms with E-state index in [9.17, 15) is 4.79 Å². The second-order valence-electron chi connectivity index (χ2n) is 4.10. The third kappa shape index (κ3) is 1.83. The van der Waals surface area contributed by atoms with Crippen molar-refractivity contribution in [3.05, 3.63) is 35.5 Å². The topological polar surface area (TPSA) is 44.8 Å². The van der Waals surface area contributed by atoms with Gasteiger partial charge in [0.1, 0.15) is 6.29 Å². The minimum Gasteiger partial charge on any atom is -0.493 e. The van der Waals surface area contributed by atoms with Gasteiger partial charge < -0.3 is 19.0 Å². The maximum Gasteiger partial charge on any atom is 0.246 e. The van der Waals surface area contributed by atoms with E-state index in [1.165, 1.54) is 7.11 Å². The number of carbonyl (C=O) groups is 1. The monoisotopic (exact) mass is 222 g/mol. The standard InChI is InChI=1S/C12H14O4/c1-12(2)15-9-5-4-8(7-13)6-10(14-3)11(9)16-12/h4-8H,1-3H3. The molecule has 0 amide bonds. The Labute approximate surface area is 94.2 Å². The molecule has 0 N–H and O–H groups in total. The van der Waals surface area contributed by atoms with Crippen LogP contribution in [-0.2, 0) is 19.0 Å². The molecule has 1 aliphatic carbocycles. The van der Waals surface area contributed by atoms with Gasteiger partial charge >= 0.3 is 0 Å². The molecule has 0 radical (unpaired) electrons. The molecule has 2 aliphatic rings. The van der Waals surface area contributed by atoms with Crippen molar-refractivity contribution in [1.82, 2.24) is 0 Å². The van der Waals surface area contributed by atoms with Crippen LogP contribution in [0, 0.1) is 5.92 Å². The highest BCUT2D eigenvalue weighted by molar-refractivity contribution is 5.61. The van der Waals surface area contributed by atoms with Crippen molar-refractivity contribution < 1.29 is 19.0 Å². The number of hydrogen-bond donors (Lipinski definition) is 0. The van der Waals surface area contributed by atoms with Crippen LogP contribution in [0.25, 0.3) is 0 Å². The van der Waals surface area contributed by atoms with Crippen LogP contribution >= 0.6 is 0 Å². The Balaban J connectivity index is 2.37. The van der Waals surface area contributed by atoms with Crippen LogP contribution in [0.3, 0.4) is 0 Å². The lowest BCUT2D eigenvalue weighted by molar-refractivity contribution is -0.121. The van der Waals surface area contributed by atoms with E-state index >= 15 is 0 Å². The molecule has 0 spiro atoms. The number of allylic oxidation sites excluding steroid dienone is 3. The molecule has 0 aromatic heterocycles. The normalized spacial score (nSPS) is 26.2. The molecular formula is C12H14O4. The summed E-state index contributed by atoms with van der Waals surface area (Å²) in [7, 11) is 1.54. The molecule has 1 heterocycles. The van der Waals surface area contributed by atoms with Crippen molar-refractivity contribution in [2.45, 2.75) is 19.6 Å². The minimum atomic E-state index is -0.694. The molecule has 0 bridgehead atoms. The van der Waals surface area contributed by atoms with Crippen LogP contribution in [0.4, 0.5) is 0 Å². The summed E-state index contributed by atoms with van der Waals surface area (Å²) in [5.41, 5.74) is 0. The molecule has 2 rings (SSSR count). The highest BCUT2D eigenvalue weighted by atomic mass is 16.7. The predicted molar refractivity (Wildman–Crippen MR) is 57.1 cm³/mol. The highest BCUT2D eigenvalue weighted by Crippen LogP contribution is 2.37. The summed E-state index contributed by atoms with van der Waals surface area (Å²) >= 11 is 0. The van der Waals surface area contributed by atoms with Gasteiger partial charge in [0.2, 0.25) is 11.5 Å².